The molecule has 0 aliphatic rings. The third-order valence-corrected chi connectivity index (χ3v) is 3.32. The molecule has 0 saturated carbocycles. The topological polar surface area (TPSA) is 40.7 Å². The highest BCUT2D eigenvalue weighted by Crippen LogP contribution is 2.25. The molecule has 0 amide bonds. The van der Waals surface area contributed by atoms with Crippen molar-refractivity contribution in [2.24, 2.45) is 0 Å². The van der Waals surface area contributed by atoms with Crippen LogP contribution in [0.5, 0.6) is 0 Å². The van der Waals surface area contributed by atoms with Gasteiger partial charge in [0, 0.05) is 34.9 Å². The van der Waals surface area contributed by atoms with E-state index in [0.717, 1.165) is 30.8 Å². The minimum Gasteiger partial charge on any atom is -0.349 e. The van der Waals surface area contributed by atoms with E-state index < -0.39 is 0 Å². The van der Waals surface area contributed by atoms with E-state index in [1.165, 1.54) is 0 Å². The van der Waals surface area contributed by atoms with Gasteiger partial charge in [0.1, 0.15) is 5.82 Å². The minimum absolute atomic E-state index is 0.155. The van der Waals surface area contributed by atoms with E-state index in [1.54, 1.807) is 12.3 Å². The quantitative estimate of drug-likeness (QED) is 0.846. The van der Waals surface area contributed by atoms with Gasteiger partial charge < -0.3 is 10.3 Å². The maximum absolute atomic E-state index is 6.07. The minimum atomic E-state index is 0.155. The Balaban J connectivity index is 2.20. The summed E-state index contributed by atoms with van der Waals surface area (Å²) >= 11 is 12.1. The molecule has 2 aromatic rings. The van der Waals surface area contributed by atoms with Crippen LogP contribution in [-0.4, -0.2) is 16.5 Å². The summed E-state index contributed by atoms with van der Waals surface area (Å²) in [4.78, 5) is 7.40. The Bertz CT molecular complexity index is 491. The Morgan fingerprint density at radius 2 is 2.00 bits per heavy atom. The number of nitrogens with zero attached hydrogens (tertiary/aromatic N) is 1. The summed E-state index contributed by atoms with van der Waals surface area (Å²) in [5, 5.41) is 4.82. The van der Waals surface area contributed by atoms with E-state index in [4.69, 9.17) is 23.2 Å². The van der Waals surface area contributed by atoms with Crippen LogP contribution in [0.2, 0.25) is 10.0 Å². The molecule has 0 fully saturated rings. The Morgan fingerprint density at radius 3 is 2.58 bits per heavy atom. The molecule has 1 aromatic carbocycles. The first-order chi connectivity index (χ1) is 9.19. The number of benzene rings is 1. The van der Waals surface area contributed by atoms with E-state index in [0.29, 0.717) is 10.0 Å². The highest BCUT2D eigenvalue weighted by molar-refractivity contribution is 6.34. The van der Waals surface area contributed by atoms with Crippen molar-refractivity contribution in [2.75, 3.05) is 6.54 Å². The number of nitrogens with one attached hydrogen (secondary N) is 2. The Morgan fingerprint density at radius 1 is 1.26 bits per heavy atom. The molecule has 1 atom stereocenters. The van der Waals surface area contributed by atoms with Crippen LogP contribution >= 0.6 is 23.2 Å². The van der Waals surface area contributed by atoms with Crippen LogP contribution in [0.15, 0.2) is 30.6 Å². The molecule has 19 heavy (non-hydrogen) atoms. The van der Waals surface area contributed by atoms with E-state index >= 15 is 0 Å². The van der Waals surface area contributed by atoms with Gasteiger partial charge in [0.25, 0.3) is 0 Å². The Hall–Kier alpha value is -1.03. The Labute approximate surface area is 123 Å². The maximum Gasteiger partial charge on any atom is 0.107 e. The molecule has 1 unspecified atom stereocenters. The van der Waals surface area contributed by atoms with Crippen LogP contribution in [0.4, 0.5) is 0 Å². The van der Waals surface area contributed by atoms with Crippen molar-refractivity contribution >= 4 is 23.2 Å². The smallest absolute Gasteiger partial charge is 0.107 e. The van der Waals surface area contributed by atoms with Crippen LogP contribution in [-0.2, 0) is 6.42 Å². The standard InChI is InChI=1S/C14H17Cl2N3/c1-2-3-17-13(9-14-18-4-5-19-14)10-6-11(15)8-12(16)7-10/h4-8,13,17H,2-3,9H2,1H3,(H,18,19). The van der Waals surface area contributed by atoms with E-state index in [-0.39, 0.29) is 6.04 Å². The molecule has 0 bridgehead atoms. The van der Waals surface area contributed by atoms with Gasteiger partial charge in [-0.25, -0.2) is 4.98 Å². The lowest BCUT2D eigenvalue weighted by Crippen LogP contribution is -2.24. The molecule has 3 nitrogen and oxygen atoms in total. The number of H-pyrrole nitrogens is 1. The van der Waals surface area contributed by atoms with Crippen LogP contribution in [0.25, 0.3) is 0 Å². The first-order valence-corrected chi connectivity index (χ1v) is 7.12. The SMILES string of the molecule is CCCNC(Cc1ncc[nH]1)c1cc(Cl)cc(Cl)c1. The second kappa shape index (κ2) is 6.94. The van der Waals surface area contributed by atoms with Crippen LogP contribution in [0.1, 0.15) is 30.8 Å². The predicted octanol–water partition coefficient (Wildman–Crippen LogP) is 4.00. The number of aromatic nitrogens is 2. The van der Waals surface area contributed by atoms with Gasteiger partial charge in [-0.05, 0) is 36.7 Å². The fourth-order valence-electron chi connectivity index (χ4n) is 2.01. The number of aromatic amines is 1. The summed E-state index contributed by atoms with van der Waals surface area (Å²) in [5.74, 6) is 0.949. The molecular weight excluding hydrogens is 281 g/mol. The van der Waals surface area contributed by atoms with Crippen LogP contribution < -0.4 is 5.32 Å². The molecule has 0 aliphatic heterocycles. The van der Waals surface area contributed by atoms with Gasteiger partial charge in [-0.2, -0.15) is 0 Å². The number of imidazole rings is 1. The molecule has 1 heterocycles. The molecule has 2 N–H and O–H groups in total. The monoisotopic (exact) mass is 297 g/mol. The van der Waals surface area contributed by atoms with Gasteiger partial charge in [-0.3, -0.25) is 0 Å². The lowest BCUT2D eigenvalue weighted by atomic mass is 10.0. The summed E-state index contributed by atoms with van der Waals surface area (Å²) in [6, 6.07) is 5.80. The zero-order valence-corrected chi connectivity index (χ0v) is 12.3. The summed E-state index contributed by atoms with van der Waals surface area (Å²) in [6.45, 7) is 3.08. The summed E-state index contributed by atoms with van der Waals surface area (Å²) in [7, 11) is 0. The van der Waals surface area contributed by atoms with Crippen molar-refractivity contribution in [1.29, 1.82) is 0 Å². The van der Waals surface area contributed by atoms with Gasteiger partial charge in [-0.1, -0.05) is 30.1 Å². The zero-order chi connectivity index (χ0) is 13.7. The summed E-state index contributed by atoms with van der Waals surface area (Å²) in [5.41, 5.74) is 1.09. The van der Waals surface area contributed by atoms with Gasteiger partial charge >= 0.3 is 0 Å². The van der Waals surface area contributed by atoms with Crippen molar-refractivity contribution in [3.63, 3.8) is 0 Å². The number of hydrogen-bond donors (Lipinski definition) is 2. The summed E-state index contributed by atoms with van der Waals surface area (Å²) < 4.78 is 0. The second-order valence-electron chi connectivity index (χ2n) is 4.45. The lowest BCUT2D eigenvalue weighted by Gasteiger charge is -2.18. The van der Waals surface area contributed by atoms with Gasteiger partial charge in [-0.15, -0.1) is 0 Å². The largest absolute Gasteiger partial charge is 0.349 e. The van der Waals surface area contributed by atoms with Gasteiger partial charge in [0.2, 0.25) is 0 Å². The Kier molecular flexibility index (Phi) is 5.25. The fraction of sp³-hybridized carbons (Fsp3) is 0.357. The normalized spacial score (nSPS) is 12.6. The molecular formula is C14H17Cl2N3. The molecule has 102 valence electrons. The first-order valence-electron chi connectivity index (χ1n) is 6.36. The molecule has 0 saturated heterocycles. The van der Waals surface area contributed by atoms with Gasteiger partial charge in [0.15, 0.2) is 0 Å². The van der Waals surface area contributed by atoms with E-state index in [2.05, 4.69) is 22.2 Å². The lowest BCUT2D eigenvalue weighted by molar-refractivity contribution is 0.520. The molecule has 0 aliphatic carbocycles. The summed E-state index contributed by atoms with van der Waals surface area (Å²) in [6.07, 6.45) is 5.45. The van der Waals surface area contributed by atoms with Crippen molar-refractivity contribution < 1.29 is 0 Å². The highest BCUT2D eigenvalue weighted by Gasteiger charge is 2.14. The third-order valence-electron chi connectivity index (χ3n) is 2.88. The molecule has 0 radical (unpaired) electrons. The fourth-order valence-corrected chi connectivity index (χ4v) is 2.55. The first kappa shape index (κ1) is 14.4. The van der Waals surface area contributed by atoms with Crippen molar-refractivity contribution in [3.05, 3.63) is 52.0 Å². The zero-order valence-electron chi connectivity index (χ0n) is 10.8. The second-order valence-corrected chi connectivity index (χ2v) is 5.32. The van der Waals surface area contributed by atoms with Crippen molar-refractivity contribution in [2.45, 2.75) is 25.8 Å². The highest BCUT2D eigenvalue weighted by atomic mass is 35.5. The number of hydrogen-bond acceptors (Lipinski definition) is 2. The third kappa shape index (κ3) is 4.23. The predicted molar refractivity (Wildman–Crippen MR) is 79.8 cm³/mol. The van der Waals surface area contributed by atoms with Crippen LogP contribution in [0, 0.1) is 0 Å². The van der Waals surface area contributed by atoms with Gasteiger partial charge in [0.05, 0.1) is 0 Å². The average molecular weight is 298 g/mol. The van der Waals surface area contributed by atoms with Crippen molar-refractivity contribution in [1.82, 2.24) is 15.3 Å². The molecule has 5 heteroatoms. The van der Waals surface area contributed by atoms with Crippen molar-refractivity contribution in [3.8, 4) is 0 Å². The number of halogens is 2. The van der Waals surface area contributed by atoms with E-state index in [9.17, 15) is 0 Å². The molecule has 2 rings (SSSR count). The van der Waals surface area contributed by atoms with Crippen LogP contribution in [0.3, 0.4) is 0 Å². The molecule has 1 aromatic heterocycles. The molecule has 0 spiro atoms. The average Bonchev–Trinajstić information content (AvgIpc) is 2.86. The maximum atomic E-state index is 6.07. The number of rotatable bonds is 6. The van der Waals surface area contributed by atoms with E-state index in [1.807, 2.05) is 18.3 Å².